The predicted octanol–water partition coefficient (Wildman–Crippen LogP) is 2.30. The van der Waals surface area contributed by atoms with Crippen molar-refractivity contribution in [1.29, 1.82) is 0 Å². The lowest BCUT2D eigenvalue weighted by Gasteiger charge is -2.08. The van der Waals surface area contributed by atoms with Gasteiger partial charge in [-0.3, -0.25) is 0 Å². The number of hydrogen-bond acceptors (Lipinski definition) is 5. The van der Waals surface area contributed by atoms with E-state index in [2.05, 4.69) is 13.2 Å². The zero-order chi connectivity index (χ0) is 13.5. The molecule has 0 amide bonds. The fourth-order valence-corrected chi connectivity index (χ4v) is 1.17. The molecule has 0 radical (unpaired) electrons. The second kappa shape index (κ2) is 6.44. The Morgan fingerprint density at radius 2 is 2.00 bits per heavy atom. The second-order valence-corrected chi connectivity index (χ2v) is 3.40. The summed E-state index contributed by atoms with van der Waals surface area (Å²) in [6.45, 7) is 8.25. The van der Waals surface area contributed by atoms with Crippen molar-refractivity contribution in [2.75, 3.05) is 0 Å². The minimum Gasteiger partial charge on any atom is -0.458 e. The minimum atomic E-state index is -0.529. The Labute approximate surface area is 105 Å². The topological polar surface area (TPSA) is 65.7 Å². The summed E-state index contributed by atoms with van der Waals surface area (Å²) < 4.78 is 15.1. The maximum absolute atomic E-state index is 11.0. The molecule has 1 heterocycles. The van der Waals surface area contributed by atoms with Crippen molar-refractivity contribution in [3.8, 4) is 0 Å². The second-order valence-electron chi connectivity index (χ2n) is 3.40. The summed E-state index contributed by atoms with van der Waals surface area (Å²) in [6.07, 6.45) is 1.62. The third-order valence-electron chi connectivity index (χ3n) is 2.07. The van der Waals surface area contributed by atoms with Crippen LogP contribution in [0, 0.1) is 0 Å². The summed E-state index contributed by atoms with van der Waals surface area (Å²) in [7, 11) is 0. The molecule has 1 aromatic rings. The van der Waals surface area contributed by atoms with Gasteiger partial charge in [0.15, 0.2) is 6.10 Å². The van der Waals surface area contributed by atoms with E-state index in [0.29, 0.717) is 11.5 Å². The van der Waals surface area contributed by atoms with E-state index in [9.17, 15) is 9.59 Å². The van der Waals surface area contributed by atoms with Gasteiger partial charge in [-0.2, -0.15) is 0 Å². The van der Waals surface area contributed by atoms with E-state index < -0.39 is 18.0 Å². The lowest BCUT2D eigenvalue weighted by molar-refractivity contribution is -0.143. The van der Waals surface area contributed by atoms with Crippen LogP contribution in [0.1, 0.15) is 24.5 Å². The van der Waals surface area contributed by atoms with Crippen molar-refractivity contribution in [3.05, 3.63) is 49.0 Å². The minimum absolute atomic E-state index is 0.00692. The molecule has 5 nitrogen and oxygen atoms in total. The number of ether oxygens (including phenoxy) is 2. The van der Waals surface area contributed by atoms with Crippen molar-refractivity contribution in [2.45, 2.75) is 19.6 Å². The van der Waals surface area contributed by atoms with E-state index in [-0.39, 0.29) is 6.61 Å². The fraction of sp³-hybridized carbons (Fsp3) is 0.231. The van der Waals surface area contributed by atoms with Crippen molar-refractivity contribution in [1.82, 2.24) is 0 Å². The fourth-order valence-electron chi connectivity index (χ4n) is 1.17. The average molecular weight is 250 g/mol. The normalized spacial score (nSPS) is 11.4. The third-order valence-corrected chi connectivity index (χ3v) is 2.07. The lowest BCUT2D eigenvalue weighted by atomic mass is 10.3. The van der Waals surface area contributed by atoms with Crippen molar-refractivity contribution in [2.24, 2.45) is 0 Å². The van der Waals surface area contributed by atoms with Gasteiger partial charge in [0.2, 0.25) is 0 Å². The van der Waals surface area contributed by atoms with Crippen LogP contribution in [0.15, 0.2) is 41.9 Å². The van der Waals surface area contributed by atoms with Crippen LogP contribution in [0.5, 0.6) is 0 Å². The van der Waals surface area contributed by atoms with Crippen LogP contribution in [0.3, 0.4) is 0 Å². The molecular weight excluding hydrogens is 236 g/mol. The molecule has 1 unspecified atom stereocenters. The van der Waals surface area contributed by atoms with Crippen LogP contribution < -0.4 is 0 Å². The molecular formula is C13H14O5. The number of esters is 2. The van der Waals surface area contributed by atoms with Crippen molar-refractivity contribution >= 4 is 11.9 Å². The average Bonchev–Trinajstić information content (AvgIpc) is 2.84. The quantitative estimate of drug-likeness (QED) is 0.572. The molecule has 0 aliphatic rings. The largest absolute Gasteiger partial charge is 0.458 e. The van der Waals surface area contributed by atoms with Gasteiger partial charge >= 0.3 is 11.9 Å². The number of hydrogen-bond donors (Lipinski definition) is 0. The number of carbonyl (C=O) groups excluding carboxylic acids is 2. The summed E-state index contributed by atoms with van der Waals surface area (Å²) in [5, 5.41) is 0. The highest BCUT2D eigenvalue weighted by Crippen LogP contribution is 2.20. The van der Waals surface area contributed by atoms with E-state index in [1.807, 2.05) is 0 Å². The number of carbonyl (C=O) groups is 2. The molecule has 0 aliphatic heterocycles. The summed E-state index contributed by atoms with van der Waals surface area (Å²) in [5.74, 6) is -0.130. The molecule has 1 aromatic heterocycles. The number of furan rings is 1. The van der Waals surface area contributed by atoms with E-state index >= 15 is 0 Å². The van der Waals surface area contributed by atoms with Gasteiger partial charge in [-0.25, -0.2) is 9.59 Å². The molecule has 0 bridgehead atoms. The van der Waals surface area contributed by atoms with E-state index in [1.165, 1.54) is 0 Å². The van der Waals surface area contributed by atoms with Gasteiger partial charge in [-0.15, -0.1) is 0 Å². The Bertz CT molecular complexity index is 458. The molecule has 0 spiro atoms. The number of rotatable bonds is 6. The first-order chi connectivity index (χ1) is 8.56. The highest BCUT2D eigenvalue weighted by Gasteiger charge is 2.14. The Morgan fingerprint density at radius 1 is 1.33 bits per heavy atom. The zero-order valence-electron chi connectivity index (χ0n) is 10.0. The summed E-state index contributed by atoms with van der Waals surface area (Å²) in [4.78, 5) is 21.8. The van der Waals surface area contributed by atoms with Crippen LogP contribution in [-0.2, 0) is 25.7 Å². The zero-order valence-corrected chi connectivity index (χ0v) is 10.0. The van der Waals surface area contributed by atoms with Crippen LogP contribution in [0.25, 0.3) is 0 Å². The highest BCUT2D eigenvalue weighted by atomic mass is 16.6. The van der Waals surface area contributed by atoms with Gasteiger partial charge in [-0.05, 0) is 19.1 Å². The molecule has 0 aliphatic carbocycles. The summed E-state index contributed by atoms with van der Waals surface area (Å²) in [6, 6.07) is 3.29. The Hall–Kier alpha value is -2.30. The van der Waals surface area contributed by atoms with Gasteiger partial charge in [-0.1, -0.05) is 13.2 Å². The third kappa shape index (κ3) is 3.93. The predicted molar refractivity (Wildman–Crippen MR) is 63.4 cm³/mol. The Kier molecular flexibility index (Phi) is 4.92. The molecule has 5 heteroatoms. The maximum atomic E-state index is 11.0. The van der Waals surface area contributed by atoms with Crippen LogP contribution in [0.2, 0.25) is 0 Å². The van der Waals surface area contributed by atoms with Crippen LogP contribution >= 0.6 is 0 Å². The molecule has 1 atom stereocenters. The SMILES string of the molecule is C=CC(=O)OCc1ccc(C(C)OC(=O)C=C)o1. The maximum Gasteiger partial charge on any atom is 0.330 e. The summed E-state index contributed by atoms with van der Waals surface area (Å²) in [5.41, 5.74) is 0. The van der Waals surface area contributed by atoms with Crippen LogP contribution in [-0.4, -0.2) is 11.9 Å². The molecule has 96 valence electrons. The van der Waals surface area contributed by atoms with Gasteiger partial charge in [0, 0.05) is 12.2 Å². The molecule has 0 saturated carbocycles. The monoisotopic (exact) mass is 250 g/mol. The Morgan fingerprint density at radius 3 is 2.61 bits per heavy atom. The smallest absolute Gasteiger partial charge is 0.330 e. The van der Waals surface area contributed by atoms with Crippen molar-refractivity contribution in [3.63, 3.8) is 0 Å². The molecule has 0 saturated heterocycles. The first-order valence-corrected chi connectivity index (χ1v) is 5.27. The van der Waals surface area contributed by atoms with E-state index in [1.54, 1.807) is 19.1 Å². The first kappa shape index (κ1) is 13.8. The Balaban J connectivity index is 2.56. The summed E-state index contributed by atoms with van der Waals surface area (Å²) >= 11 is 0. The lowest BCUT2D eigenvalue weighted by Crippen LogP contribution is -2.04. The van der Waals surface area contributed by atoms with Crippen LogP contribution in [0.4, 0.5) is 0 Å². The molecule has 0 fully saturated rings. The van der Waals surface area contributed by atoms with E-state index in [0.717, 1.165) is 12.2 Å². The van der Waals surface area contributed by atoms with Gasteiger partial charge in [0.05, 0.1) is 0 Å². The van der Waals surface area contributed by atoms with Crippen molar-refractivity contribution < 1.29 is 23.5 Å². The van der Waals surface area contributed by atoms with Gasteiger partial charge < -0.3 is 13.9 Å². The van der Waals surface area contributed by atoms with Gasteiger partial charge in [0.1, 0.15) is 18.1 Å². The highest BCUT2D eigenvalue weighted by molar-refractivity contribution is 5.81. The molecule has 0 N–H and O–H groups in total. The first-order valence-electron chi connectivity index (χ1n) is 5.27. The standard InChI is InChI=1S/C13H14O5/c1-4-12(14)16-8-10-6-7-11(18-10)9(3)17-13(15)5-2/h4-7,9H,1-2,8H2,3H3. The van der Waals surface area contributed by atoms with E-state index in [4.69, 9.17) is 13.9 Å². The molecule has 1 rings (SSSR count). The molecule has 18 heavy (non-hydrogen) atoms. The van der Waals surface area contributed by atoms with Gasteiger partial charge in [0.25, 0.3) is 0 Å². The molecule has 0 aromatic carbocycles.